The van der Waals surface area contributed by atoms with Crippen LogP contribution in [-0.2, 0) is 13.1 Å². The van der Waals surface area contributed by atoms with Crippen molar-refractivity contribution in [3.8, 4) is 0 Å². The number of aromatic nitrogens is 2. The molecule has 0 saturated heterocycles. The molecule has 15 heavy (non-hydrogen) atoms. The lowest BCUT2D eigenvalue weighted by molar-refractivity contribution is 0.156. The lowest BCUT2D eigenvalue weighted by atomic mass is 9.94. The maximum absolute atomic E-state index is 4.35. The summed E-state index contributed by atoms with van der Waals surface area (Å²) in [4.78, 5) is 11.0. The number of hydrogen-bond donors (Lipinski definition) is 0. The second-order valence-electron chi connectivity index (χ2n) is 4.69. The molecule has 0 spiro atoms. The zero-order valence-corrected chi connectivity index (χ0v) is 9.02. The fourth-order valence-corrected chi connectivity index (χ4v) is 2.83. The first-order chi connectivity index (χ1) is 7.43. The Balaban J connectivity index is 1.72. The molecule has 1 fully saturated rings. The van der Waals surface area contributed by atoms with Crippen molar-refractivity contribution in [3.63, 3.8) is 0 Å². The van der Waals surface area contributed by atoms with E-state index in [2.05, 4.69) is 14.9 Å². The summed E-state index contributed by atoms with van der Waals surface area (Å²) >= 11 is 0. The third-order valence-electron chi connectivity index (χ3n) is 3.70. The first-order valence-electron chi connectivity index (χ1n) is 5.95. The Morgan fingerprint density at radius 2 is 2.00 bits per heavy atom. The summed E-state index contributed by atoms with van der Waals surface area (Å²) in [5, 5.41) is 0. The molecule has 0 radical (unpaired) electrons. The number of rotatable bonds is 1. The van der Waals surface area contributed by atoms with Crippen LogP contribution in [0.3, 0.4) is 0 Å². The van der Waals surface area contributed by atoms with Crippen LogP contribution in [0.2, 0.25) is 0 Å². The third-order valence-corrected chi connectivity index (χ3v) is 3.70. The maximum atomic E-state index is 4.35. The molecule has 0 unspecified atom stereocenters. The summed E-state index contributed by atoms with van der Waals surface area (Å²) in [5.74, 6) is 0. The van der Waals surface area contributed by atoms with Crippen LogP contribution in [0.15, 0.2) is 12.5 Å². The number of nitrogens with zero attached hydrogens (tertiary/aromatic N) is 3. The van der Waals surface area contributed by atoms with Gasteiger partial charge in [0.25, 0.3) is 0 Å². The molecule has 80 valence electrons. The van der Waals surface area contributed by atoms with E-state index in [-0.39, 0.29) is 0 Å². The average Bonchev–Trinajstić information content (AvgIpc) is 2.74. The van der Waals surface area contributed by atoms with Crippen LogP contribution in [0, 0.1) is 0 Å². The molecule has 1 aliphatic heterocycles. The van der Waals surface area contributed by atoms with E-state index >= 15 is 0 Å². The highest BCUT2D eigenvalue weighted by Gasteiger charge is 2.27. The number of fused-ring (bicyclic) bond motifs is 1. The van der Waals surface area contributed by atoms with E-state index < -0.39 is 0 Å². The van der Waals surface area contributed by atoms with Gasteiger partial charge in [-0.15, -0.1) is 0 Å². The molecule has 1 aliphatic carbocycles. The summed E-state index contributed by atoms with van der Waals surface area (Å²) in [6.07, 6.45) is 10.6. The Kier molecular flexibility index (Phi) is 2.41. The van der Waals surface area contributed by atoms with Gasteiger partial charge in [0.15, 0.2) is 0 Å². The highest BCUT2D eigenvalue weighted by molar-refractivity contribution is 5.20. The molecule has 1 saturated carbocycles. The highest BCUT2D eigenvalue weighted by Crippen LogP contribution is 2.29. The SMILES string of the molecule is c1ncc2c(n1)CN(C1CCCCC1)C2. The monoisotopic (exact) mass is 203 g/mol. The molecule has 0 atom stereocenters. The van der Waals surface area contributed by atoms with Gasteiger partial charge >= 0.3 is 0 Å². The fraction of sp³-hybridized carbons (Fsp3) is 0.667. The predicted molar refractivity (Wildman–Crippen MR) is 58.2 cm³/mol. The van der Waals surface area contributed by atoms with Gasteiger partial charge in [-0.25, -0.2) is 9.97 Å². The molecule has 0 amide bonds. The first-order valence-corrected chi connectivity index (χ1v) is 5.95. The van der Waals surface area contributed by atoms with Gasteiger partial charge in [-0.05, 0) is 12.8 Å². The Hall–Kier alpha value is -0.960. The Bertz CT molecular complexity index is 319. The van der Waals surface area contributed by atoms with E-state index in [0.29, 0.717) is 0 Å². The lowest BCUT2D eigenvalue weighted by Gasteiger charge is -2.30. The third kappa shape index (κ3) is 1.76. The van der Waals surface area contributed by atoms with Crippen molar-refractivity contribution in [1.29, 1.82) is 0 Å². The molecule has 1 aromatic heterocycles. The summed E-state index contributed by atoms with van der Waals surface area (Å²) in [7, 11) is 0. The Labute approximate surface area is 90.5 Å². The largest absolute Gasteiger partial charge is 0.290 e. The summed E-state index contributed by atoms with van der Waals surface area (Å²) in [6, 6.07) is 0.799. The van der Waals surface area contributed by atoms with Gasteiger partial charge < -0.3 is 0 Å². The van der Waals surface area contributed by atoms with E-state index in [1.165, 1.54) is 43.4 Å². The molecule has 1 aromatic rings. The average molecular weight is 203 g/mol. The van der Waals surface area contributed by atoms with Crippen LogP contribution in [0.5, 0.6) is 0 Å². The minimum atomic E-state index is 0.799. The Morgan fingerprint density at radius 3 is 2.80 bits per heavy atom. The molecule has 3 nitrogen and oxygen atoms in total. The predicted octanol–water partition coefficient (Wildman–Crippen LogP) is 2.12. The molecule has 3 rings (SSSR count). The van der Waals surface area contributed by atoms with E-state index in [0.717, 1.165) is 19.1 Å². The smallest absolute Gasteiger partial charge is 0.115 e. The normalized spacial score (nSPS) is 22.9. The molecule has 2 heterocycles. The van der Waals surface area contributed by atoms with Crippen molar-refractivity contribution < 1.29 is 0 Å². The van der Waals surface area contributed by atoms with Gasteiger partial charge in [0, 0.05) is 30.9 Å². The molecule has 0 bridgehead atoms. The zero-order valence-electron chi connectivity index (χ0n) is 9.02. The fourth-order valence-electron chi connectivity index (χ4n) is 2.83. The van der Waals surface area contributed by atoms with Gasteiger partial charge in [0.2, 0.25) is 0 Å². The van der Waals surface area contributed by atoms with Crippen molar-refractivity contribution >= 4 is 0 Å². The van der Waals surface area contributed by atoms with E-state index in [1.54, 1.807) is 6.33 Å². The minimum Gasteiger partial charge on any atom is -0.290 e. The van der Waals surface area contributed by atoms with Crippen molar-refractivity contribution in [1.82, 2.24) is 14.9 Å². The molecule has 0 aromatic carbocycles. The number of hydrogen-bond acceptors (Lipinski definition) is 3. The summed E-state index contributed by atoms with van der Waals surface area (Å²) in [6.45, 7) is 2.11. The molecule has 0 N–H and O–H groups in total. The van der Waals surface area contributed by atoms with Crippen molar-refractivity contribution in [2.75, 3.05) is 0 Å². The van der Waals surface area contributed by atoms with E-state index in [1.807, 2.05) is 6.20 Å². The van der Waals surface area contributed by atoms with Gasteiger partial charge in [-0.2, -0.15) is 0 Å². The van der Waals surface area contributed by atoms with Crippen LogP contribution < -0.4 is 0 Å². The molecular weight excluding hydrogens is 186 g/mol. The quantitative estimate of drug-likeness (QED) is 0.700. The van der Waals surface area contributed by atoms with Gasteiger partial charge in [0.1, 0.15) is 6.33 Å². The zero-order chi connectivity index (χ0) is 10.1. The summed E-state index contributed by atoms with van der Waals surface area (Å²) in [5.41, 5.74) is 2.58. The lowest BCUT2D eigenvalue weighted by Crippen LogP contribution is -2.32. The van der Waals surface area contributed by atoms with Crippen molar-refractivity contribution in [3.05, 3.63) is 23.8 Å². The van der Waals surface area contributed by atoms with Crippen LogP contribution in [0.25, 0.3) is 0 Å². The van der Waals surface area contributed by atoms with Gasteiger partial charge in [0.05, 0.1) is 5.69 Å². The Morgan fingerprint density at radius 1 is 1.13 bits per heavy atom. The first kappa shape index (κ1) is 9.28. The maximum Gasteiger partial charge on any atom is 0.115 e. The second kappa shape index (κ2) is 3.89. The van der Waals surface area contributed by atoms with Crippen LogP contribution in [-0.4, -0.2) is 20.9 Å². The van der Waals surface area contributed by atoms with Crippen molar-refractivity contribution in [2.45, 2.75) is 51.2 Å². The van der Waals surface area contributed by atoms with Crippen LogP contribution in [0.1, 0.15) is 43.4 Å². The summed E-state index contributed by atoms with van der Waals surface area (Å²) < 4.78 is 0. The molecule has 3 heteroatoms. The molecule has 2 aliphatic rings. The van der Waals surface area contributed by atoms with Crippen molar-refractivity contribution in [2.24, 2.45) is 0 Å². The van der Waals surface area contributed by atoms with Gasteiger partial charge in [-0.1, -0.05) is 19.3 Å². The standard InChI is InChI=1S/C12H17N3/c1-2-4-11(5-3-1)15-7-10-6-13-9-14-12(10)8-15/h6,9,11H,1-5,7-8H2. The van der Waals surface area contributed by atoms with E-state index in [4.69, 9.17) is 0 Å². The van der Waals surface area contributed by atoms with Gasteiger partial charge in [-0.3, -0.25) is 4.90 Å². The van der Waals surface area contributed by atoms with Crippen LogP contribution >= 0.6 is 0 Å². The minimum absolute atomic E-state index is 0.799. The molecular formula is C12H17N3. The second-order valence-corrected chi connectivity index (χ2v) is 4.69. The highest BCUT2D eigenvalue weighted by atomic mass is 15.2. The topological polar surface area (TPSA) is 29.0 Å². The van der Waals surface area contributed by atoms with Crippen LogP contribution in [0.4, 0.5) is 0 Å². The van der Waals surface area contributed by atoms with E-state index in [9.17, 15) is 0 Å².